The van der Waals surface area contributed by atoms with Gasteiger partial charge in [-0.1, -0.05) is 12.1 Å². The van der Waals surface area contributed by atoms with Crippen molar-refractivity contribution >= 4 is 0 Å². The highest BCUT2D eigenvalue weighted by molar-refractivity contribution is 5.39. The Labute approximate surface area is 108 Å². The lowest BCUT2D eigenvalue weighted by Gasteiger charge is -2.28. The third kappa shape index (κ3) is 3.62. The van der Waals surface area contributed by atoms with Crippen LogP contribution < -0.4 is 20.5 Å². The van der Waals surface area contributed by atoms with Gasteiger partial charge in [-0.3, -0.25) is 0 Å². The number of para-hydroxylation sites is 2. The highest BCUT2D eigenvalue weighted by Crippen LogP contribution is 2.26. The number of methoxy groups -OCH3 is 1. The van der Waals surface area contributed by atoms with E-state index >= 15 is 0 Å². The maximum absolute atomic E-state index is 5.95. The van der Waals surface area contributed by atoms with Gasteiger partial charge in [-0.2, -0.15) is 0 Å². The zero-order chi connectivity index (χ0) is 12.8. The highest BCUT2D eigenvalue weighted by Gasteiger charge is 2.18. The summed E-state index contributed by atoms with van der Waals surface area (Å²) in [5.41, 5.74) is 5.95. The van der Waals surface area contributed by atoms with Crippen molar-refractivity contribution in [1.29, 1.82) is 0 Å². The van der Waals surface area contributed by atoms with Crippen molar-refractivity contribution in [3.05, 3.63) is 24.3 Å². The molecule has 0 aliphatic carbocycles. The van der Waals surface area contributed by atoms with Gasteiger partial charge < -0.3 is 20.5 Å². The second kappa shape index (κ2) is 6.61. The van der Waals surface area contributed by atoms with Crippen LogP contribution in [0.5, 0.6) is 11.5 Å². The first-order valence-corrected chi connectivity index (χ1v) is 6.54. The molecule has 4 nitrogen and oxygen atoms in total. The summed E-state index contributed by atoms with van der Waals surface area (Å²) < 4.78 is 11.0. The molecule has 0 radical (unpaired) electrons. The summed E-state index contributed by atoms with van der Waals surface area (Å²) in [7, 11) is 1.66. The van der Waals surface area contributed by atoms with Crippen molar-refractivity contribution in [1.82, 2.24) is 5.32 Å². The van der Waals surface area contributed by atoms with Crippen molar-refractivity contribution in [2.24, 2.45) is 5.73 Å². The molecular formula is C14H22N2O2. The second-order valence-corrected chi connectivity index (χ2v) is 4.72. The Balaban J connectivity index is 1.77. The normalized spacial score (nSPS) is 23.7. The van der Waals surface area contributed by atoms with Crippen LogP contribution >= 0.6 is 0 Å². The summed E-state index contributed by atoms with van der Waals surface area (Å²) in [6.07, 6.45) is 3.09. The largest absolute Gasteiger partial charge is 0.493 e. The summed E-state index contributed by atoms with van der Waals surface area (Å²) in [6.45, 7) is 1.70. The van der Waals surface area contributed by atoms with Gasteiger partial charge in [0.15, 0.2) is 11.5 Å². The quantitative estimate of drug-likeness (QED) is 0.832. The summed E-state index contributed by atoms with van der Waals surface area (Å²) in [5, 5.41) is 3.47. The van der Waals surface area contributed by atoms with Gasteiger partial charge in [-0.25, -0.2) is 0 Å². The molecule has 1 aliphatic heterocycles. The summed E-state index contributed by atoms with van der Waals surface area (Å²) in [6, 6.07) is 8.54. The Hall–Kier alpha value is -1.26. The predicted octanol–water partition coefficient (Wildman–Crippen LogP) is 1.54. The maximum atomic E-state index is 5.95. The minimum atomic E-state index is 0.336. The molecule has 18 heavy (non-hydrogen) atoms. The van der Waals surface area contributed by atoms with Crippen LogP contribution in [0.2, 0.25) is 0 Å². The van der Waals surface area contributed by atoms with Crippen LogP contribution in [0.1, 0.15) is 19.3 Å². The number of hydrogen-bond acceptors (Lipinski definition) is 4. The topological polar surface area (TPSA) is 56.5 Å². The van der Waals surface area contributed by atoms with E-state index in [2.05, 4.69) is 5.32 Å². The van der Waals surface area contributed by atoms with E-state index < -0.39 is 0 Å². The number of piperidine rings is 1. The van der Waals surface area contributed by atoms with Gasteiger partial charge in [0.1, 0.15) is 0 Å². The lowest BCUT2D eigenvalue weighted by Crippen LogP contribution is -2.44. The van der Waals surface area contributed by atoms with Gasteiger partial charge >= 0.3 is 0 Å². The van der Waals surface area contributed by atoms with E-state index in [0.29, 0.717) is 18.7 Å². The van der Waals surface area contributed by atoms with Gasteiger partial charge in [0.25, 0.3) is 0 Å². The molecule has 2 atom stereocenters. The molecule has 1 saturated heterocycles. The monoisotopic (exact) mass is 250 g/mol. The SMILES string of the molecule is COc1ccccc1OCCC1CC(N)CCN1. The van der Waals surface area contributed by atoms with E-state index in [-0.39, 0.29) is 0 Å². The first kappa shape index (κ1) is 13.2. The van der Waals surface area contributed by atoms with Crippen LogP contribution in [-0.4, -0.2) is 32.3 Å². The number of hydrogen-bond donors (Lipinski definition) is 2. The molecule has 0 amide bonds. The summed E-state index contributed by atoms with van der Waals surface area (Å²) in [4.78, 5) is 0. The van der Waals surface area contributed by atoms with Crippen molar-refractivity contribution in [3.8, 4) is 11.5 Å². The predicted molar refractivity (Wildman–Crippen MR) is 72.1 cm³/mol. The first-order chi connectivity index (χ1) is 8.79. The fourth-order valence-electron chi connectivity index (χ4n) is 2.31. The summed E-state index contributed by atoms with van der Waals surface area (Å²) in [5.74, 6) is 1.59. The van der Waals surface area contributed by atoms with E-state index in [1.54, 1.807) is 7.11 Å². The van der Waals surface area contributed by atoms with E-state index in [1.807, 2.05) is 24.3 Å². The van der Waals surface area contributed by atoms with Crippen LogP contribution in [0, 0.1) is 0 Å². The molecule has 1 heterocycles. The van der Waals surface area contributed by atoms with Crippen LogP contribution in [0.15, 0.2) is 24.3 Å². The minimum Gasteiger partial charge on any atom is -0.493 e. The minimum absolute atomic E-state index is 0.336. The van der Waals surface area contributed by atoms with Gasteiger partial charge in [0, 0.05) is 12.1 Å². The van der Waals surface area contributed by atoms with E-state index in [0.717, 1.165) is 37.3 Å². The van der Waals surface area contributed by atoms with E-state index in [9.17, 15) is 0 Å². The number of nitrogens with two attached hydrogens (primary N) is 1. The lowest BCUT2D eigenvalue weighted by molar-refractivity contribution is 0.250. The molecule has 1 aromatic carbocycles. The van der Waals surface area contributed by atoms with Crippen LogP contribution in [-0.2, 0) is 0 Å². The van der Waals surface area contributed by atoms with Crippen molar-refractivity contribution in [2.75, 3.05) is 20.3 Å². The van der Waals surface area contributed by atoms with Gasteiger partial charge in [0.2, 0.25) is 0 Å². The number of benzene rings is 1. The summed E-state index contributed by atoms with van der Waals surface area (Å²) >= 11 is 0. The van der Waals surface area contributed by atoms with Crippen molar-refractivity contribution in [2.45, 2.75) is 31.3 Å². The van der Waals surface area contributed by atoms with Crippen LogP contribution in [0.25, 0.3) is 0 Å². The molecule has 1 aromatic rings. The molecular weight excluding hydrogens is 228 g/mol. The van der Waals surface area contributed by atoms with Crippen molar-refractivity contribution < 1.29 is 9.47 Å². The Kier molecular flexibility index (Phi) is 4.84. The molecule has 4 heteroatoms. The zero-order valence-electron chi connectivity index (χ0n) is 10.9. The number of rotatable bonds is 5. The third-order valence-electron chi connectivity index (χ3n) is 3.33. The molecule has 0 spiro atoms. The van der Waals surface area contributed by atoms with Crippen molar-refractivity contribution in [3.63, 3.8) is 0 Å². The molecule has 0 aromatic heterocycles. The lowest BCUT2D eigenvalue weighted by atomic mass is 9.98. The molecule has 3 N–H and O–H groups in total. The molecule has 0 bridgehead atoms. The second-order valence-electron chi connectivity index (χ2n) is 4.72. The average molecular weight is 250 g/mol. The third-order valence-corrected chi connectivity index (χ3v) is 3.33. The molecule has 2 unspecified atom stereocenters. The number of ether oxygens (including phenoxy) is 2. The highest BCUT2D eigenvalue weighted by atomic mass is 16.5. The fraction of sp³-hybridized carbons (Fsp3) is 0.571. The van der Waals surface area contributed by atoms with E-state index in [4.69, 9.17) is 15.2 Å². The molecule has 0 saturated carbocycles. The Morgan fingerprint density at radius 1 is 1.33 bits per heavy atom. The zero-order valence-corrected chi connectivity index (χ0v) is 10.9. The molecule has 1 fully saturated rings. The van der Waals surface area contributed by atoms with Gasteiger partial charge in [0.05, 0.1) is 13.7 Å². The van der Waals surface area contributed by atoms with Gasteiger partial charge in [-0.05, 0) is 37.9 Å². The van der Waals surface area contributed by atoms with Crippen LogP contribution in [0.4, 0.5) is 0 Å². The fourth-order valence-corrected chi connectivity index (χ4v) is 2.31. The average Bonchev–Trinajstić information content (AvgIpc) is 2.39. The Morgan fingerprint density at radius 3 is 2.83 bits per heavy atom. The van der Waals surface area contributed by atoms with E-state index in [1.165, 1.54) is 0 Å². The number of nitrogens with one attached hydrogen (secondary N) is 1. The van der Waals surface area contributed by atoms with Gasteiger partial charge in [-0.15, -0.1) is 0 Å². The Morgan fingerprint density at radius 2 is 2.11 bits per heavy atom. The van der Waals surface area contributed by atoms with Crippen LogP contribution in [0.3, 0.4) is 0 Å². The maximum Gasteiger partial charge on any atom is 0.161 e. The Bertz CT molecular complexity index is 371. The first-order valence-electron chi connectivity index (χ1n) is 6.54. The molecule has 1 aliphatic rings. The standard InChI is InChI=1S/C14H22N2O2/c1-17-13-4-2-3-5-14(13)18-9-7-12-10-11(15)6-8-16-12/h2-5,11-12,16H,6-10,15H2,1H3. The molecule has 100 valence electrons. The smallest absolute Gasteiger partial charge is 0.161 e. The molecule has 2 rings (SSSR count).